The average molecular weight is 277 g/mol. The fraction of sp³-hybridized carbons (Fsp3) is 0.647. The molecule has 0 aliphatic carbocycles. The topological polar surface area (TPSA) is 32.7 Å². The van der Waals surface area contributed by atoms with Crippen molar-refractivity contribution in [3.05, 3.63) is 23.8 Å². The lowest BCUT2D eigenvalue weighted by Crippen LogP contribution is -2.39. The second-order valence-corrected chi connectivity index (χ2v) is 6.22. The summed E-state index contributed by atoms with van der Waals surface area (Å²) in [7, 11) is 1.66. The van der Waals surface area contributed by atoms with Crippen LogP contribution in [0, 0.1) is 5.41 Å². The smallest absolute Gasteiger partial charge is 0.126 e. The maximum absolute atomic E-state index is 10.1. The van der Waals surface area contributed by atoms with E-state index in [1.54, 1.807) is 7.11 Å². The van der Waals surface area contributed by atoms with Crippen LogP contribution in [0.3, 0.4) is 0 Å². The van der Waals surface area contributed by atoms with Crippen LogP contribution in [0.4, 0.5) is 5.69 Å². The van der Waals surface area contributed by atoms with E-state index in [1.165, 1.54) is 19.3 Å². The molecule has 3 nitrogen and oxygen atoms in total. The van der Waals surface area contributed by atoms with Gasteiger partial charge in [0.15, 0.2) is 0 Å². The molecule has 112 valence electrons. The summed E-state index contributed by atoms with van der Waals surface area (Å²) in [6.07, 6.45) is 3.14. The minimum Gasteiger partial charge on any atom is -0.496 e. The Kier molecular flexibility index (Phi) is 4.59. The molecule has 0 saturated carbocycles. The zero-order chi connectivity index (χ0) is 14.8. The van der Waals surface area contributed by atoms with E-state index in [1.807, 2.05) is 19.1 Å². The van der Waals surface area contributed by atoms with Gasteiger partial charge in [-0.15, -0.1) is 0 Å². The van der Waals surface area contributed by atoms with Gasteiger partial charge >= 0.3 is 0 Å². The molecule has 1 fully saturated rings. The number of aliphatic hydroxyl groups excluding tert-OH is 1. The number of aliphatic hydroxyl groups is 1. The van der Waals surface area contributed by atoms with E-state index in [4.69, 9.17) is 4.74 Å². The summed E-state index contributed by atoms with van der Waals surface area (Å²) in [5.41, 5.74) is 2.51. The summed E-state index contributed by atoms with van der Waals surface area (Å²) >= 11 is 0. The van der Waals surface area contributed by atoms with Gasteiger partial charge < -0.3 is 14.7 Å². The molecule has 2 rings (SSSR count). The highest BCUT2D eigenvalue weighted by Gasteiger charge is 2.30. The standard InChI is InChI=1S/C17H27NO2/c1-5-17(3)9-11-18(12-10-17)14-7-6-8-15(20-4)16(14)13(2)19/h6-8,13,19H,5,9-12H2,1-4H3/t13-/m1/s1. The summed E-state index contributed by atoms with van der Waals surface area (Å²) in [6.45, 7) is 8.57. The number of nitrogens with zero attached hydrogens (tertiary/aromatic N) is 1. The van der Waals surface area contributed by atoms with Crippen molar-refractivity contribution in [2.24, 2.45) is 5.41 Å². The molecule has 3 heteroatoms. The maximum atomic E-state index is 10.1. The molecule has 1 heterocycles. The summed E-state index contributed by atoms with van der Waals surface area (Å²) in [6, 6.07) is 6.03. The number of piperidine rings is 1. The zero-order valence-corrected chi connectivity index (χ0v) is 13.1. The number of anilines is 1. The van der Waals surface area contributed by atoms with Gasteiger partial charge in [-0.05, 0) is 37.3 Å². The van der Waals surface area contributed by atoms with Gasteiger partial charge in [-0.25, -0.2) is 0 Å². The van der Waals surface area contributed by atoms with Gasteiger partial charge in [0.1, 0.15) is 5.75 Å². The van der Waals surface area contributed by atoms with Crippen LogP contribution in [0.25, 0.3) is 0 Å². The van der Waals surface area contributed by atoms with Crippen molar-refractivity contribution in [1.29, 1.82) is 0 Å². The highest BCUT2D eigenvalue weighted by Crippen LogP contribution is 2.40. The fourth-order valence-electron chi connectivity index (χ4n) is 3.05. The molecule has 0 radical (unpaired) electrons. The first-order valence-corrected chi connectivity index (χ1v) is 7.60. The minimum absolute atomic E-state index is 0.473. The SMILES string of the molecule is CCC1(C)CCN(c2cccc(OC)c2[C@@H](C)O)CC1. The Morgan fingerprint density at radius 2 is 2.00 bits per heavy atom. The second-order valence-electron chi connectivity index (χ2n) is 6.22. The predicted molar refractivity (Wildman–Crippen MR) is 83.5 cm³/mol. The Hall–Kier alpha value is -1.22. The number of rotatable bonds is 4. The van der Waals surface area contributed by atoms with Gasteiger partial charge in [0.25, 0.3) is 0 Å². The molecule has 1 aliphatic heterocycles. The van der Waals surface area contributed by atoms with Crippen LogP contribution in [0.5, 0.6) is 5.75 Å². The first-order valence-electron chi connectivity index (χ1n) is 7.60. The van der Waals surface area contributed by atoms with Gasteiger partial charge in [-0.1, -0.05) is 26.3 Å². The molecule has 0 aromatic heterocycles. The van der Waals surface area contributed by atoms with E-state index in [2.05, 4.69) is 24.8 Å². The lowest BCUT2D eigenvalue weighted by molar-refractivity contribution is 0.193. The number of hydrogen-bond acceptors (Lipinski definition) is 3. The Morgan fingerprint density at radius 1 is 1.35 bits per heavy atom. The van der Waals surface area contributed by atoms with Crippen molar-refractivity contribution < 1.29 is 9.84 Å². The molecule has 1 aromatic carbocycles. The van der Waals surface area contributed by atoms with Crippen molar-refractivity contribution in [2.45, 2.75) is 46.1 Å². The molecule has 0 bridgehead atoms. The molecule has 1 atom stereocenters. The Morgan fingerprint density at radius 3 is 2.50 bits per heavy atom. The first-order chi connectivity index (χ1) is 9.50. The zero-order valence-electron chi connectivity index (χ0n) is 13.1. The molecule has 1 aliphatic rings. The minimum atomic E-state index is -0.513. The lowest BCUT2D eigenvalue weighted by atomic mass is 9.78. The largest absolute Gasteiger partial charge is 0.496 e. The third kappa shape index (κ3) is 2.93. The average Bonchev–Trinajstić information content (AvgIpc) is 2.47. The normalized spacial score (nSPS) is 19.8. The summed E-state index contributed by atoms with van der Waals surface area (Å²) in [5, 5.41) is 10.1. The molecular formula is C17H27NO2. The van der Waals surface area contributed by atoms with Crippen LogP contribution < -0.4 is 9.64 Å². The van der Waals surface area contributed by atoms with E-state index in [0.29, 0.717) is 5.41 Å². The van der Waals surface area contributed by atoms with Crippen LogP contribution in [-0.2, 0) is 0 Å². The number of benzene rings is 1. The third-order valence-electron chi connectivity index (χ3n) is 4.85. The van der Waals surface area contributed by atoms with Crippen molar-refractivity contribution >= 4 is 5.69 Å². The molecule has 1 saturated heterocycles. The van der Waals surface area contributed by atoms with Crippen molar-refractivity contribution in [1.82, 2.24) is 0 Å². The van der Waals surface area contributed by atoms with E-state index < -0.39 is 6.10 Å². The predicted octanol–water partition coefficient (Wildman–Crippen LogP) is 3.77. The number of methoxy groups -OCH3 is 1. The van der Waals surface area contributed by atoms with E-state index in [9.17, 15) is 5.11 Å². The highest BCUT2D eigenvalue weighted by atomic mass is 16.5. The fourth-order valence-corrected chi connectivity index (χ4v) is 3.05. The number of hydrogen-bond donors (Lipinski definition) is 1. The van der Waals surface area contributed by atoms with Gasteiger partial charge in [-0.3, -0.25) is 0 Å². The molecule has 1 aromatic rings. The van der Waals surface area contributed by atoms with Crippen molar-refractivity contribution in [2.75, 3.05) is 25.1 Å². The van der Waals surface area contributed by atoms with E-state index in [-0.39, 0.29) is 0 Å². The quantitative estimate of drug-likeness (QED) is 0.909. The second kappa shape index (κ2) is 6.04. The monoisotopic (exact) mass is 277 g/mol. The van der Waals surface area contributed by atoms with Crippen molar-refractivity contribution in [3.63, 3.8) is 0 Å². The third-order valence-corrected chi connectivity index (χ3v) is 4.85. The summed E-state index contributed by atoms with van der Waals surface area (Å²) < 4.78 is 5.41. The van der Waals surface area contributed by atoms with Gasteiger partial charge in [0.2, 0.25) is 0 Å². The van der Waals surface area contributed by atoms with Gasteiger partial charge in [0.05, 0.1) is 13.2 Å². The molecule has 0 amide bonds. The first kappa shape index (κ1) is 15.2. The van der Waals surface area contributed by atoms with Crippen LogP contribution in [0.1, 0.15) is 51.7 Å². The van der Waals surface area contributed by atoms with Gasteiger partial charge in [-0.2, -0.15) is 0 Å². The van der Waals surface area contributed by atoms with Crippen LogP contribution in [-0.4, -0.2) is 25.3 Å². The molecule has 0 spiro atoms. The molecule has 1 N–H and O–H groups in total. The molecule has 20 heavy (non-hydrogen) atoms. The van der Waals surface area contributed by atoms with Crippen LogP contribution >= 0.6 is 0 Å². The van der Waals surface area contributed by atoms with Crippen LogP contribution in [0.15, 0.2) is 18.2 Å². The lowest BCUT2D eigenvalue weighted by Gasteiger charge is -2.41. The molecular weight excluding hydrogens is 250 g/mol. The Balaban J connectivity index is 2.26. The highest BCUT2D eigenvalue weighted by molar-refractivity contribution is 5.60. The Labute approximate surface area is 122 Å². The van der Waals surface area contributed by atoms with Crippen molar-refractivity contribution in [3.8, 4) is 5.75 Å². The number of ether oxygens (including phenoxy) is 1. The van der Waals surface area contributed by atoms with Gasteiger partial charge in [0, 0.05) is 24.3 Å². The van der Waals surface area contributed by atoms with E-state index >= 15 is 0 Å². The molecule has 0 unspecified atom stereocenters. The Bertz CT molecular complexity index is 448. The maximum Gasteiger partial charge on any atom is 0.126 e. The van der Waals surface area contributed by atoms with Crippen LogP contribution in [0.2, 0.25) is 0 Å². The summed E-state index contributed by atoms with van der Waals surface area (Å²) in [5.74, 6) is 0.779. The van der Waals surface area contributed by atoms with E-state index in [0.717, 1.165) is 30.1 Å². The summed E-state index contributed by atoms with van der Waals surface area (Å²) in [4.78, 5) is 2.39.